The first-order valence-corrected chi connectivity index (χ1v) is 8.65. The number of ether oxygens (including phenoxy) is 3. The third-order valence-corrected chi connectivity index (χ3v) is 4.52. The van der Waals surface area contributed by atoms with Crippen LogP contribution in [0.1, 0.15) is 19.3 Å². The summed E-state index contributed by atoms with van der Waals surface area (Å²) in [6.45, 7) is 0.784. The van der Waals surface area contributed by atoms with Crippen LogP contribution in [0.25, 0.3) is 22.0 Å². The summed E-state index contributed by atoms with van der Waals surface area (Å²) in [5.41, 5.74) is 3.12. The van der Waals surface area contributed by atoms with Gasteiger partial charge in [0.05, 0.1) is 19.2 Å². The Kier molecular flexibility index (Phi) is 4.53. The Hall–Kier alpha value is -2.59. The van der Waals surface area contributed by atoms with Crippen molar-refractivity contribution in [1.29, 1.82) is 0 Å². The lowest BCUT2D eigenvalue weighted by atomic mass is 10.0. The van der Waals surface area contributed by atoms with Crippen molar-refractivity contribution >= 4 is 10.9 Å². The maximum atomic E-state index is 5.91. The molecule has 25 heavy (non-hydrogen) atoms. The molecule has 0 aliphatic carbocycles. The van der Waals surface area contributed by atoms with E-state index in [2.05, 4.69) is 23.2 Å². The highest BCUT2D eigenvalue weighted by Gasteiger charge is 2.15. The molecule has 1 atom stereocenters. The highest BCUT2D eigenvalue weighted by molar-refractivity contribution is 5.96. The first-order valence-electron chi connectivity index (χ1n) is 8.65. The standard InChI is InChI=1S/C21H21NO3/c1-23-19-12-13-22-21-17(5-4-6-18(19)21)15-8-10-16(11-9-15)25-20-7-2-3-14-24-20/h4-6,8-13,20H,2-3,7,14H2,1H3. The molecule has 4 rings (SSSR count). The Balaban J connectivity index is 1.63. The minimum absolute atomic E-state index is 0.122. The van der Waals surface area contributed by atoms with Crippen molar-refractivity contribution < 1.29 is 14.2 Å². The normalized spacial score (nSPS) is 17.4. The fourth-order valence-electron chi connectivity index (χ4n) is 3.23. The van der Waals surface area contributed by atoms with E-state index in [1.54, 1.807) is 13.3 Å². The van der Waals surface area contributed by atoms with Gasteiger partial charge in [-0.25, -0.2) is 0 Å². The number of aromatic nitrogens is 1. The molecule has 128 valence electrons. The molecule has 1 aliphatic heterocycles. The van der Waals surface area contributed by atoms with E-state index in [4.69, 9.17) is 14.2 Å². The van der Waals surface area contributed by atoms with E-state index in [9.17, 15) is 0 Å². The Labute approximate surface area is 147 Å². The molecule has 2 aromatic carbocycles. The molecule has 1 aromatic heterocycles. The van der Waals surface area contributed by atoms with Crippen molar-refractivity contribution in [3.05, 3.63) is 54.7 Å². The van der Waals surface area contributed by atoms with E-state index in [-0.39, 0.29) is 6.29 Å². The Bertz CT molecular complexity index is 855. The van der Waals surface area contributed by atoms with Gasteiger partial charge in [-0.05, 0) is 42.7 Å². The summed E-state index contributed by atoms with van der Waals surface area (Å²) in [5, 5.41) is 1.01. The number of hydrogen-bond acceptors (Lipinski definition) is 4. The summed E-state index contributed by atoms with van der Waals surface area (Å²) in [6, 6.07) is 16.1. The van der Waals surface area contributed by atoms with Crippen LogP contribution in [0.15, 0.2) is 54.7 Å². The highest BCUT2D eigenvalue weighted by atomic mass is 16.7. The van der Waals surface area contributed by atoms with Gasteiger partial charge in [0, 0.05) is 23.6 Å². The van der Waals surface area contributed by atoms with Gasteiger partial charge in [0.1, 0.15) is 11.5 Å². The first-order chi connectivity index (χ1) is 12.3. The number of nitrogens with zero attached hydrogens (tertiary/aromatic N) is 1. The van der Waals surface area contributed by atoms with Crippen LogP contribution >= 0.6 is 0 Å². The summed E-state index contributed by atoms with van der Waals surface area (Å²) in [6.07, 6.45) is 4.89. The molecule has 0 saturated carbocycles. The monoisotopic (exact) mass is 335 g/mol. The van der Waals surface area contributed by atoms with Gasteiger partial charge in [0.15, 0.2) is 6.29 Å². The lowest BCUT2D eigenvalue weighted by Gasteiger charge is -2.23. The van der Waals surface area contributed by atoms with Crippen molar-refractivity contribution in [3.63, 3.8) is 0 Å². The molecule has 1 saturated heterocycles. The molecule has 0 amide bonds. The second-order valence-corrected chi connectivity index (χ2v) is 6.15. The van der Waals surface area contributed by atoms with Crippen LogP contribution in [0.4, 0.5) is 0 Å². The number of methoxy groups -OCH3 is 1. The minimum atomic E-state index is -0.122. The van der Waals surface area contributed by atoms with Gasteiger partial charge in [-0.1, -0.05) is 24.3 Å². The summed E-state index contributed by atoms with van der Waals surface area (Å²) in [4.78, 5) is 4.55. The van der Waals surface area contributed by atoms with Crippen LogP contribution in [-0.2, 0) is 4.74 Å². The topological polar surface area (TPSA) is 40.6 Å². The lowest BCUT2D eigenvalue weighted by Crippen LogP contribution is -2.24. The number of hydrogen-bond donors (Lipinski definition) is 0. The summed E-state index contributed by atoms with van der Waals surface area (Å²) >= 11 is 0. The van der Waals surface area contributed by atoms with Crippen LogP contribution in [0, 0.1) is 0 Å². The minimum Gasteiger partial charge on any atom is -0.496 e. The maximum absolute atomic E-state index is 5.91. The van der Waals surface area contributed by atoms with E-state index in [0.29, 0.717) is 0 Å². The smallest absolute Gasteiger partial charge is 0.199 e. The van der Waals surface area contributed by atoms with Gasteiger partial charge in [-0.3, -0.25) is 4.98 Å². The Morgan fingerprint density at radius 1 is 1.04 bits per heavy atom. The average molecular weight is 335 g/mol. The average Bonchev–Trinajstić information content (AvgIpc) is 2.68. The fourth-order valence-corrected chi connectivity index (χ4v) is 3.23. The van der Waals surface area contributed by atoms with Crippen LogP contribution in [0.3, 0.4) is 0 Å². The fraction of sp³-hybridized carbons (Fsp3) is 0.286. The maximum Gasteiger partial charge on any atom is 0.199 e. The molecule has 1 aliphatic rings. The van der Waals surface area contributed by atoms with Crippen molar-refractivity contribution in [3.8, 4) is 22.6 Å². The number of rotatable bonds is 4. The van der Waals surface area contributed by atoms with Crippen molar-refractivity contribution in [2.75, 3.05) is 13.7 Å². The van der Waals surface area contributed by atoms with Crippen molar-refractivity contribution in [2.24, 2.45) is 0 Å². The predicted molar refractivity (Wildman–Crippen MR) is 98.0 cm³/mol. The van der Waals surface area contributed by atoms with Gasteiger partial charge >= 0.3 is 0 Å². The third kappa shape index (κ3) is 3.30. The van der Waals surface area contributed by atoms with E-state index in [0.717, 1.165) is 59.4 Å². The van der Waals surface area contributed by atoms with E-state index in [1.807, 2.05) is 30.3 Å². The molecule has 0 spiro atoms. The summed E-state index contributed by atoms with van der Waals surface area (Å²) in [7, 11) is 1.68. The number of benzene rings is 2. The van der Waals surface area contributed by atoms with Crippen LogP contribution in [-0.4, -0.2) is 25.0 Å². The second-order valence-electron chi connectivity index (χ2n) is 6.15. The number of para-hydroxylation sites is 1. The predicted octanol–water partition coefficient (Wildman–Crippen LogP) is 4.82. The Morgan fingerprint density at radius 3 is 2.68 bits per heavy atom. The SMILES string of the molecule is COc1ccnc2c(-c3ccc(OC4CCCCO4)cc3)cccc12. The highest BCUT2D eigenvalue weighted by Crippen LogP contribution is 2.32. The van der Waals surface area contributed by atoms with Gasteiger partial charge in [0.2, 0.25) is 0 Å². The zero-order valence-electron chi connectivity index (χ0n) is 14.3. The molecule has 3 aromatic rings. The summed E-state index contributed by atoms with van der Waals surface area (Å²) in [5.74, 6) is 1.67. The van der Waals surface area contributed by atoms with Crippen molar-refractivity contribution in [1.82, 2.24) is 4.98 Å². The molecular weight excluding hydrogens is 314 g/mol. The lowest BCUT2D eigenvalue weighted by molar-refractivity contribution is -0.105. The van der Waals surface area contributed by atoms with Gasteiger partial charge in [0.25, 0.3) is 0 Å². The molecule has 4 nitrogen and oxygen atoms in total. The quantitative estimate of drug-likeness (QED) is 0.685. The van der Waals surface area contributed by atoms with E-state index in [1.165, 1.54) is 0 Å². The molecule has 1 unspecified atom stereocenters. The molecular formula is C21H21NO3. The van der Waals surface area contributed by atoms with Gasteiger partial charge in [-0.2, -0.15) is 0 Å². The van der Waals surface area contributed by atoms with Crippen LogP contribution in [0.2, 0.25) is 0 Å². The second kappa shape index (κ2) is 7.11. The third-order valence-electron chi connectivity index (χ3n) is 4.52. The van der Waals surface area contributed by atoms with E-state index >= 15 is 0 Å². The number of pyridine rings is 1. The molecule has 1 fully saturated rings. The largest absolute Gasteiger partial charge is 0.496 e. The molecule has 0 radical (unpaired) electrons. The summed E-state index contributed by atoms with van der Waals surface area (Å²) < 4.78 is 17.0. The molecule has 4 heteroatoms. The number of fused-ring (bicyclic) bond motifs is 1. The molecule has 2 heterocycles. The molecule has 0 N–H and O–H groups in total. The van der Waals surface area contributed by atoms with E-state index < -0.39 is 0 Å². The van der Waals surface area contributed by atoms with Crippen molar-refractivity contribution in [2.45, 2.75) is 25.6 Å². The van der Waals surface area contributed by atoms with Gasteiger partial charge < -0.3 is 14.2 Å². The zero-order chi connectivity index (χ0) is 17.1. The molecule has 0 bridgehead atoms. The van der Waals surface area contributed by atoms with Crippen LogP contribution in [0.5, 0.6) is 11.5 Å². The Morgan fingerprint density at radius 2 is 1.92 bits per heavy atom. The van der Waals surface area contributed by atoms with Crippen LogP contribution < -0.4 is 9.47 Å². The first kappa shape index (κ1) is 15.9. The zero-order valence-corrected chi connectivity index (χ0v) is 14.3. The van der Waals surface area contributed by atoms with Gasteiger partial charge in [-0.15, -0.1) is 0 Å².